The minimum atomic E-state index is -0.580. The molecule has 2 aromatic carbocycles. The summed E-state index contributed by atoms with van der Waals surface area (Å²) in [6.07, 6.45) is 4.08. The van der Waals surface area contributed by atoms with Crippen LogP contribution in [0, 0.1) is 5.92 Å². The number of rotatable bonds is 8. The van der Waals surface area contributed by atoms with Crippen LogP contribution >= 0.6 is 0 Å². The molecule has 1 aliphatic rings. The van der Waals surface area contributed by atoms with Gasteiger partial charge in [-0.3, -0.25) is 9.59 Å². The summed E-state index contributed by atoms with van der Waals surface area (Å²) < 4.78 is 0. The smallest absolute Gasteiger partial charge is 0.249 e. The highest BCUT2D eigenvalue weighted by molar-refractivity contribution is 5.98. The summed E-state index contributed by atoms with van der Waals surface area (Å²) in [5, 5.41) is 6.36. The van der Waals surface area contributed by atoms with Gasteiger partial charge in [-0.1, -0.05) is 48.5 Å². The van der Waals surface area contributed by atoms with E-state index < -0.39 is 6.04 Å². The van der Waals surface area contributed by atoms with Crippen molar-refractivity contribution in [1.82, 2.24) is 10.6 Å². The lowest BCUT2D eigenvalue weighted by Crippen LogP contribution is -2.48. The van der Waals surface area contributed by atoms with Crippen molar-refractivity contribution >= 4 is 17.5 Å². The number of carbonyl (C=O) groups excluding carboxylic acids is 2. The zero-order chi connectivity index (χ0) is 20.5. The fraction of sp³-hybridized carbons (Fsp3) is 0.417. The Kier molecular flexibility index (Phi) is 7.82. The van der Waals surface area contributed by atoms with E-state index in [0.717, 1.165) is 43.6 Å². The molecule has 0 radical (unpaired) electrons. The molecule has 29 heavy (non-hydrogen) atoms. The minimum Gasteiger partial charge on any atom is -0.344 e. The average molecular weight is 394 g/mol. The first-order valence-electron chi connectivity index (χ1n) is 10.5. The molecule has 3 rings (SSSR count). The van der Waals surface area contributed by atoms with Crippen LogP contribution in [-0.2, 0) is 16.0 Å². The van der Waals surface area contributed by atoms with Crippen molar-refractivity contribution in [3.8, 4) is 0 Å². The van der Waals surface area contributed by atoms with E-state index >= 15 is 0 Å². The van der Waals surface area contributed by atoms with Crippen molar-refractivity contribution in [3.63, 3.8) is 0 Å². The van der Waals surface area contributed by atoms with Crippen LogP contribution in [0.25, 0.3) is 0 Å². The highest BCUT2D eigenvalue weighted by Gasteiger charge is 2.25. The molecule has 1 atom stereocenters. The Bertz CT molecular complexity index is 773. The fourth-order valence-corrected chi connectivity index (χ4v) is 3.83. The molecule has 1 heterocycles. The predicted molar refractivity (Wildman–Crippen MR) is 117 cm³/mol. The van der Waals surface area contributed by atoms with Gasteiger partial charge >= 0.3 is 0 Å². The SMILES string of the molecule is CN(C(=O)[C@H](Cc1ccccc1)NC(=O)CCC1CCNCC1)c1ccccc1. The lowest BCUT2D eigenvalue weighted by Gasteiger charge is -2.26. The minimum absolute atomic E-state index is 0.0423. The van der Waals surface area contributed by atoms with E-state index in [4.69, 9.17) is 0 Å². The number of anilines is 1. The van der Waals surface area contributed by atoms with Gasteiger partial charge in [-0.2, -0.15) is 0 Å². The molecule has 1 aliphatic heterocycles. The van der Waals surface area contributed by atoms with Crippen LogP contribution in [0.15, 0.2) is 60.7 Å². The zero-order valence-corrected chi connectivity index (χ0v) is 17.1. The molecule has 0 bridgehead atoms. The first-order chi connectivity index (χ1) is 14.1. The van der Waals surface area contributed by atoms with Crippen LogP contribution in [0.2, 0.25) is 0 Å². The molecule has 0 aliphatic carbocycles. The van der Waals surface area contributed by atoms with Gasteiger partial charge in [0.05, 0.1) is 0 Å². The molecule has 1 saturated heterocycles. The summed E-state index contributed by atoms with van der Waals surface area (Å²) in [5.41, 5.74) is 1.85. The topological polar surface area (TPSA) is 61.4 Å². The van der Waals surface area contributed by atoms with Crippen LogP contribution in [0.3, 0.4) is 0 Å². The first-order valence-corrected chi connectivity index (χ1v) is 10.5. The second kappa shape index (κ2) is 10.8. The first kappa shape index (κ1) is 21.1. The molecular formula is C24H31N3O2. The maximum Gasteiger partial charge on any atom is 0.249 e. The van der Waals surface area contributed by atoms with E-state index in [9.17, 15) is 9.59 Å². The summed E-state index contributed by atoms with van der Waals surface area (Å²) in [6.45, 7) is 2.06. The monoisotopic (exact) mass is 393 g/mol. The van der Waals surface area contributed by atoms with E-state index in [1.165, 1.54) is 0 Å². The number of hydrogen-bond acceptors (Lipinski definition) is 3. The van der Waals surface area contributed by atoms with Gasteiger partial charge in [-0.15, -0.1) is 0 Å². The largest absolute Gasteiger partial charge is 0.344 e. The van der Waals surface area contributed by atoms with Crippen LogP contribution in [0.4, 0.5) is 5.69 Å². The normalized spacial score (nSPS) is 15.5. The van der Waals surface area contributed by atoms with Crippen molar-refractivity contribution < 1.29 is 9.59 Å². The molecule has 154 valence electrons. The number of carbonyl (C=O) groups is 2. The Hall–Kier alpha value is -2.66. The summed E-state index contributed by atoms with van der Waals surface area (Å²) in [4.78, 5) is 27.5. The van der Waals surface area contributed by atoms with Gasteiger partial charge in [0.25, 0.3) is 0 Å². The van der Waals surface area contributed by atoms with Crippen molar-refractivity contribution in [3.05, 3.63) is 66.2 Å². The maximum absolute atomic E-state index is 13.2. The fourth-order valence-electron chi connectivity index (χ4n) is 3.83. The highest BCUT2D eigenvalue weighted by atomic mass is 16.2. The number of nitrogens with zero attached hydrogens (tertiary/aromatic N) is 1. The molecule has 2 N–H and O–H groups in total. The molecule has 2 aromatic rings. The zero-order valence-electron chi connectivity index (χ0n) is 17.1. The molecule has 0 saturated carbocycles. The maximum atomic E-state index is 13.2. The number of piperidine rings is 1. The van der Waals surface area contributed by atoms with E-state index in [-0.39, 0.29) is 11.8 Å². The number of benzene rings is 2. The van der Waals surface area contributed by atoms with Gasteiger partial charge in [-0.25, -0.2) is 0 Å². The van der Waals surface area contributed by atoms with Gasteiger partial charge in [-0.05, 0) is 56.0 Å². The molecule has 0 spiro atoms. The Labute approximate surface area is 173 Å². The summed E-state index contributed by atoms with van der Waals surface area (Å²) in [7, 11) is 1.76. The molecule has 2 amide bonds. The Morgan fingerprint density at radius 1 is 1.03 bits per heavy atom. The second-order valence-electron chi connectivity index (χ2n) is 7.77. The molecule has 0 unspecified atom stereocenters. The van der Waals surface area contributed by atoms with Gasteiger partial charge < -0.3 is 15.5 Å². The van der Waals surface area contributed by atoms with Crippen LogP contribution in [0.1, 0.15) is 31.2 Å². The predicted octanol–water partition coefficient (Wildman–Crippen LogP) is 3.16. The molecule has 1 fully saturated rings. The van der Waals surface area contributed by atoms with Gasteiger partial charge in [0.15, 0.2) is 0 Å². The molecule has 5 heteroatoms. The van der Waals surface area contributed by atoms with Gasteiger partial charge in [0.1, 0.15) is 6.04 Å². The highest BCUT2D eigenvalue weighted by Crippen LogP contribution is 2.18. The average Bonchev–Trinajstić information content (AvgIpc) is 2.78. The van der Waals surface area contributed by atoms with Crippen molar-refractivity contribution in [2.24, 2.45) is 5.92 Å². The third-order valence-electron chi connectivity index (χ3n) is 5.63. The number of nitrogens with one attached hydrogen (secondary N) is 2. The number of likely N-dealkylation sites (N-methyl/N-ethyl adjacent to an activating group) is 1. The van der Waals surface area contributed by atoms with Gasteiger partial charge in [0, 0.05) is 25.6 Å². The summed E-state index contributed by atoms with van der Waals surface area (Å²) in [5.74, 6) is 0.451. The Morgan fingerprint density at radius 3 is 2.31 bits per heavy atom. The third-order valence-corrected chi connectivity index (χ3v) is 5.63. The number of para-hydroxylation sites is 1. The second-order valence-corrected chi connectivity index (χ2v) is 7.77. The molecule has 0 aromatic heterocycles. The summed E-state index contributed by atoms with van der Waals surface area (Å²) in [6, 6.07) is 18.8. The van der Waals surface area contributed by atoms with E-state index in [2.05, 4.69) is 10.6 Å². The van der Waals surface area contributed by atoms with Crippen molar-refractivity contribution in [1.29, 1.82) is 0 Å². The summed E-state index contributed by atoms with van der Waals surface area (Å²) >= 11 is 0. The van der Waals surface area contributed by atoms with Crippen molar-refractivity contribution in [2.75, 3.05) is 25.0 Å². The van der Waals surface area contributed by atoms with Gasteiger partial charge in [0.2, 0.25) is 11.8 Å². The standard InChI is InChI=1S/C24H31N3O2/c1-27(21-10-6-3-7-11-21)24(29)22(18-20-8-4-2-5-9-20)26-23(28)13-12-19-14-16-25-17-15-19/h2-11,19,22,25H,12-18H2,1H3,(H,26,28)/t22-/m0/s1. The van der Waals surface area contributed by atoms with Crippen molar-refractivity contribution in [2.45, 2.75) is 38.1 Å². The number of hydrogen-bond donors (Lipinski definition) is 2. The lowest BCUT2D eigenvalue weighted by atomic mass is 9.93. The Balaban J connectivity index is 1.65. The van der Waals surface area contributed by atoms with Crippen LogP contribution in [-0.4, -0.2) is 38.0 Å². The third kappa shape index (κ3) is 6.43. The lowest BCUT2D eigenvalue weighted by molar-refractivity contribution is -0.127. The van der Waals surface area contributed by atoms with E-state index in [1.54, 1.807) is 11.9 Å². The van der Waals surface area contributed by atoms with Crippen LogP contribution in [0.5, 0.6) is 0 Å². The molecule has 5 nitrogen and oxygen atoms in total. The quantitative estimate of drug-likeness (QED) is 0.724. The molecular weight excluding hydrogens is 362 g/mol. The Morgan fingerprint density at radius 2 is 1.66 bits per heavy atom. The van der Waals surface area contributed by atoms with E-state index in [0.29, 0.717) is 18.8 Å². The number of amides is 2. The van der Waals surface area contributed by atoms with E-state index in [1.807, 2.05) is 60.7 Å². The van der Waals surface area contributed by atoms with Crippen LogP contribution < -0.4 is 15.5 Å².